The summed E-state index contributed by atoms with van der Waals surface area (Å²) in [4.78, 5) is 28.1. The number of anilines is 2. The van der Waals surface area contributed by atoms with E-state index in [0.717, 1.165) is 34.9 Å². The highest BCUT2D eigenvalue weighted by Gasteiger charge is 2.26. The van der Waals surface area contributed by atoms with Gasteiger partial charge >= 0.3 is 0 Å². The molecule has 0 unspecified atom stereocenters. The van der Waals surface area contributed by atoms with Crippen LogP contribution in [0.4, 0.5) is 11.4 Å². The second-order valence-electron chi connectivity index (χ2n) is 7.93. The number of rotatable bonds is 5. The van der Waals surface area contributed by atoms with Gasteiger partial charge in [0, 0.05) is 17.9 Å². The van der Waals surface area contributed by atoms with Crippen molar-refractivity contribution in [2.24, 2.45) is 0 Å². The van der Waals surface area contributed by atoms with Crippen molar-refractivity contribution in [2.45, 2.75) is 19.8 Å². The third kappa shape index (κ3) is 3.96. The molecule has 1 aliphatic rings. The lowest BCUT2D eigenvalue weighted by Crippen LogP contribution is -2.35. The molecule has 6 nitrogen and oxygen atoms in total. The summed E-state index contributed by atoms with van der Waals surface area (Å²) >= 11 is 0. The van der Waals surface area contributed by atoms with Crippen LogP contribution in [0.1, 0.15) is 39.8 Å². The molecule has 0 atom stereocenters. The lowest BCUT2D eigenvalue weighted by molar-refractivity contribution is 0.0957. The van der Waals surface area contributed by atoms with Gasteiger partial charge in [-0.1, -0.05) is 36.4 Å². The SMILES string of the molecule is CCOc1ccc2ccccc2c1C(=O)Nc1ccc2c(c1)N(C(=O)c1ccco1)CCC2. The minimum atomic E-state index is -0.255. The van der Waals surface area contributed by atoms with Crippen LogP contribution in [-0.2, 0) is 6.42 Å². The molecule has 1 aromatic heterocycles. The normalized spacial score (nSPS) is 12.9. The summed E-state index contributed by atoms with van der Waals surface area (Å²) in [6, 6.07) is 20.6. The quantitative estimate of drug-likeness (QED) is 0.434. The van der Waals surface area contributed by atoms with Gasteiger partial charge in [0.05, 0.1) is 18.4 Å². The lowest BCUT2D eigenvalue weighted by atomic mass is 10.00. The second kappa shape index (κ2) is 8.82. The maximum atomic E-state index is 13.4. The van der Waals surface area contributed by atoms with Crippen molar-refractivity contribution in [1.29, 1.82) is 0 Å². The van der Waals surface area contributed by atoms with Crippen LogP contribution in [0.15, 0.2) is 77.4 Å². The molecule has 166 valence electrons. The maximum Gasteiger partial charge on any atom is 0.293 e. The van der Waals surface area contributed by atoms with Crippen molar-refractivity contribution < 1.29 is 18.7 Å². The first-order valence-corrected chi connectivity index (χ1v) is 11.1. The van der Waals surface area contributed by atoms with Crippen molar-refractivity contribution in [3.05, 3.63) is 89.9 Å². The Morgan fingerprint density at radius 2 is 1.94 bits per heavy atom. The van der Waals surface area contributed by atoms with Crippen LogP contribution in [0, 0.1) is 0 Å². The number of fused-ring (bicyclic) bond motifs is 2. The Morgan fingerprint density at radius 3 is 2.76 bits per heavy atom. The molecule has 0 bridgehead atoms. The molecule has 1 N–H and O–H groups in total. The summed E-state index contributed by atoms with van der Waals surface area (Å²) in [5.41, 5.74) is 2.98. The minimum absolute atomic E-state index is 0.183. The Labute approximate surface area is 191 Å². The van der Waals surface area contributed by atoms with E-state index in [-0.39, 0.29) is 11.8 Å². The Hall–Kier alpha value is -4.06. The first-order valence-electron chi connectivity index (χ1n) is 11.1. The fourth-order valence-corrected chi connectivity index (χ4v) is 4.35. The van der Waals surface area contributed by atoms with E-state index in [9.17, 15) is 9.59 Å². The highest BCUT2D eigenvalue weighted by Crippen LogP contribution is 2.33. The summed E-state index contributed by atoms with van der Waals surface area (Å²) in [5.74, 6) is 0.405. The van der Waals surface area contributed by atoms with E-state index >= 15 is 0 Å². The molecule has 2 amide bonds. The molecule has 0 spiro atoms. The fraction of sp³-hybridized carbons (Fsp3) is 0.185. The van der Waals surface area contributed by atoms with E-state index < -0.39 is 0 Å². The highest BCUT2D eigenvalue weighted by molar-refractivity contribution is 6.15. The third-order valence-corrected chi connectivity index (χ3v) is 5.86. The van der Waals surface area contributed by atoms with Crippen LogP contribution < -0.4 is 15.0 Å². The molecule has 6 heteroatoms. The van der Waals surface area contributed by atoms with E-state index in [0.29, 0.717) is 35.9 Å². The topological polar surface area (TPSA) is 71.8 Å². The number of aryl methyl sites for hydroxylation is 1. The van der Waals surface area contributed by atoms with Crippen LogP contribution in [0.2, 0.25) is 0 Å². The van der Waals surface area contributed by atoms with Crippen molar-refractivity contribution in [3.63, 3.8) is 0 Å². The van der Waals surface area contributed by atoms with Gasteiger partial charge in [-0.05, 0) is 66.4 Å². The number of nitrogens with zero attached hydrogens (tertiary/aromatic N) is 1. The molecule has 0 saturated carbocycles. The molecular weight excluding hydrogens is 416 g/mol. The number of nitrogens with one attached hydrogen (secondary N) is 1. The monoisotopic (exact) mass is 440 g/mol. The number of hydrogen-bond donors (Lipinski definition) is 1. The van der Waals surface area contributed by atoms with E-state index in [1.54, 1.807) is 17.0 Å². The number of furan rings is 1. The van der Waals surface area contributed by atoms with Crippen molar-refractivity contribution >= 4 is 34.0 Å². The van der Waals surface area contributed by atoms with Crippen LogP contribution in [0.5, 0.6) is 5.75 Å². The molecule has 4 aromatic rings. The van der Waals surface area contributed by atoms with Crippen molar-refractivity contribution in [2.75, 3.05) is 23.4 Å². The Balaban J connectivity index is 1.49. The molecule has 0 saturated heterocycles. The van der Waals surface area contributed by atoms with Gasteiger partial charge in [-0.25, -0.2) is 0 Å². The average Bonchev–Trinajstić information content (AvgIpc) is 3.38. The van der Waals surface area contributed by atoms with Gasteiger partial charge in [0.1, 0.15) is 5.75 Å². The number of ether oxygens (including phenoxy) is 1. The average molecular weight is 440 g/mol. The number of carbonyl (C=O) groups excluding carboxylic acids is 2. The number of hydrogen-bond acceptors (Lipinski definition) is 4. The van der Waals surface area contributed by atoms with E-state index in [1.165, 1.54) is 6.26 Å². The van der Waals surface area contributed by atoms with Gasteiger partial charge < -0.3 is 19.4 Å². The van der Waals surface area contributed by atoms with E-state index in [2.05, 4.69) is 5.32 Å². The first kappa shape index (κ1) is 20.8. The summed E-state index contributed by atoms with van der Waals surface area (Å²) in [6.07, 6.45) is 3.25. The highest BCUT2D eigenvalue weighted by atomic mass is 16.5. The van der Waals surface area contributed by atoms with Crippen molar-refractivity contribution in [3.8, 4) is 5.75 Å². The molecular formula is C27H24N2O4. The predicted molar refractivity (Wildman–Crippen MR) is 128 cm³/mol. The third-order valence-electron chi connectivity index (χ3n) is 5.86. The van der Waals surface area contributed by atoms with Gasteiger partial charge in [0.15, 0.2) is 5.76 Å². The standard InChI is InChI=1S/C27H24N2O4/c1-2-32-23-14-12-18-7-3-4-9-21(18)25(23)26(30)28-20-13-11-19-8-5-15-29(22(19)17-20)27(31)24-10-6-16-33-24/h3-4,6-7,9-14,16-17H,2,5,8,15H2,1H3,(H,28,30). The van der Waals surface area contributed by atoms with Gasteiger partial charge in [0.25, 0.3) is 11.8 Å². The summed E-state index contributed by atoms with van der Waals surface area (Å²) in [5, 5.41) is 4.81. The number of carbonyl (C=O) groups is 2. The van der Waals surface area contributed by atoms with Gasteiger partial charge in [-0.2, -0.15) is 0 Å². The number of benzene rings is 3. The largest absolute Gasteiger partial charge is 0.493 e. The van der Waals surface area contributed by atoms with E-state index in [1.807, 2.05) is 61.5 Å². The lowest BCUT2D eigenvalue weighted by Gasteiger charge is -2.29. The molecule has 0 fully saturated rings. The second-order valence-corrected chi connectivity index (χ2v) is 7.93. The summed E-state index contributed by atoms with van der Waals surface area (Å²) < 4.78 is 11.1. The Kier molecular flexibility index (Phi) is 5.57. The van der Waals surface area contributed by atoms with Crippen LogP contribution in [0.25, 0.3) is 10.8 Å². The van der Waals surface area contributed by atoms with Crippen LogP contribution >= 0.6 is 0 Å². The van der Waals surface area contributed by atoms with Crippen LogP contribution in [0.3, 0.4) is 0 Å². The minimum Gasteiger partial charge on any atom is -0.493 e. The van der Waals surface area contributed by atoms with E-state index in [4.69, 9.17) is 9.15 Å². The predicted octanol–water partition coefficient (Wildman–Crippen LogP) is 5.68. The molecule has 0 aliphatic carbocycles. The van der Waals surface area contributed by atoms with Gasteiger partial charge in [0.2, 0.25) is 0 Å². The summed E-state index contributed by atoms with van der Waals surface area (Å²) in [7, 11) is 0. The zero-order chi connectivity index (χ0) is 22.8. The molecule has 33 heavy (non-hydrogen) atoms. The van der Waals surface area contributed by atoms with Crippen LogP contribution in [-0.4, -0.2) is 25.0 Å². The summed E-state index contributed by atoms with van der Waals surface area (Å²) in [6.45, 7) is 2.95. The molecule has 2 heterocycles. The van der Waals surface area contributed by atoms with Crippen molar-refractivity contribution in [1.82, 2.24) is 0 Å². The molecule has 1 aliphatic heterocycles. The van der Waals surface area contributed by atoms with Gasteiger partial charge in [-0.3, -0.25) is 9.59 Å². The maximum absolute atomic E-state index is 13.4. The fourth-order valence-electron chi connectivity index (χ4n) is 4.35. The Bertz CT molecular complexity index is 1330. The Morgan fingerprint density at radius 1 is 1.06 bits per heavy atom. The smallest absolute Gasteiger partial charge is 0.293 e. The zero-order valence-corrected chi connectivity index (χ0v) is 18.3. The molecule has 0 radical (unpaired) electrons. The van der Waals surface area contributed by atoms with Gasteiger partial charge in [-0.15, -0.1) is 0 Å². The first-order chi connectivity index (χ1) is 16.2. The molecule has 3 aromatic carbocycles. The molecule has 5 rings (SSSR count). The number of amides is 2. The zero-order valence-electron chi connectivity index (χ0n) is 18.3.